The Bertz CT molecular complexity index is 863. The van der Waals surface area contributed by atoms with Crippen LogP contribution in [0.3, 0.4) is 0 Å². The summed E-state index contributed by atoms with van der Waals surface area (Å²) in [4.78, 5) is 29.6. The van der Waals surface area contributed by atoms with Crippen LogP contribution in [0.25, 0.3) is 11.3 Å². The van der Waals surface area contributed by atoms with Gasteiger partial charge in [-0.2, -0.15) is 0 Å². The molecule has 0 radical (unpaired) electrons. The van der Waals surface area contributed by atoms with Crippen molar-refractivity contribution in [1.29, 1.82) is 0 Å². The van der Waals surface area contributed by atoms with Crippen LogP contribution in [-0.2, 0) is 9.59 Å². The molecule has 3 heterocycles. The van der Waals surface area contributed by atoms with Gasteiger partial charge in [-0.1, -0.05) is 0 Å². The van der Waals surface area contributed by atoms with Crippen LogP contribution < -0.4 is 9.64 Å². The van der Waals surface area contributed by atoms with E-state index in [-0.39, 0.29) is 11.8 Å². The summed E-state index contributed by atoms with van der Waals surface area (Å²) in [6, 6.07) is 11.7. The van der Waals surface area contributed by atoms with Crippen molar-refractivity contribution in [3.05, 3.63) is 36.4 Å². The average Bonchev–Trinajstić information content (AvgIpc) is 2.84. The Balaban J connectivity index is 1.39. The van der Waals surface area contributed by atoms with Gasteiger partial charge in [0, 0.05) is 44.8 Å². The zero-order chi connectivity index (χ0) is 20.9. The molecule has 0 N–H and O–H groups in total. The molecule has 2 saturated heterocycles. The second-order valence-electron chi connectivity index (χ2n) is 7.76. The monoisotopic (exact) mass is 409 g/mol. The Morgan fingerprint density at radius 1 is 1.03 bits per heavy atom. The molecule has 0 saturated carbocycles. The second-order valence-corrected chi connectivity index (χ2v) is 7.76. The van der Waals surface area contributed by atoms with E-state index in [9.17, 15) is 9.59 Å². The molecule has 2 amide bonds. The molecule has 0 aliphatic carbocycles. The van der Waals surface area contributed by atoms with Gasteiger partial charge >= 0.3 is 0 Å². The highest BCUT2D eigenvalue weighted by Crippen LogP contribution is 2.25. The standard InChI is InChI=1S/C22H27N5O3/c1-30-19-6-4-17(5-7-19)20-8-9-21(24-23-20)27-10-2-3-18(15-27)22(29)26-13-11-25(16-28)12-14-26/h4-9,16,18H,2-3,10-15H2,1H3. The number of ether oxygens (including phenoxy) is 1. The summed E-state index contributed by atoms with van der Waals surface area (Å²) in [7, 11) is 1.64. The molecule has 158 valence electrons. The van der Waals surface area contributed by atoms with Gasteiger partial charge < -0.3 is 19.4 Å². The van der Waals surface area contributed by atoms with Crippen LogP contribution in [0.5, 0.6) is 5.75 Å². The van der Waals surface area contributed by atoms with E-state index < -0.39 is 0 Å². The summed E-state index contributed by atoms with van der Waals surface area (Å²) in [5, 5.41) is 8.81. The molecule has 0 bridgehead atoms. The number of benzene rings is 1. The number of amides is 2. The van der Waals surface area contributed by atoms with Crippen molar-refractivity contribution in [2.24, 2.45) is 5.92 Å². The maximum atomic E-state index is 13.0. The first-order valence-electron chi connectivity index (χ1n) is 10.4. The van der Waals surface area contributed by atoms with E-state index >= 15 is 0 Å². The number of carbonyl (C=O) groups is 2. The smallest absolute Gasteiger partial charge is 0.227 e. The van der Waals surface area contributed by atoms with E-state index in [1.807, 2.05) is 41.3 Å². The number of piperazine rings is 1. The van der Waals surface area contributed by atoms with E-state index in [1.165, 1.54) is 0 Å². The molecule has 8 nitrogen and oxygen atoms in total. The van der Waals surface area contributed by atoms with Crippen molar-refractivity contribution >= 4 is 18.1 Å². The number of hydrogen-bond acceptors (Lipinski definition) is 6. The molecule has 0 spiro atoms. The third kappa shape index (κ3) is 4.37. The van der Waals surface area contributed by atoms with Gasteiger partial charge in [0.25, 0.3) is 0 Å². The van der Waals surface area contributed by atoms with Gasteiger partial charge in [-0.05, 0) is 49.2 Å². The SMILES string of the molecule is COc1ccc(-c2ccc(N3CCCC(C(=O)N4CCN(C=O)CC4)C3)nn2)cc1. The summed E-state index contributed by atoms with van der Waals surface area (Å²) < 4.78 is 5.20. The number of piperidine rings is 1. The van der Waals surface area contributed by atoms with Crippen LogP contribution in [0.4, 0.5) is 5.82 Å². The minimum atomic E-state index is -0.0374. The summed E-state index contributed by atoms with van der Waals surface area (Å²) in [5.74, 6) is 1.76. The summed E-state index contributed by atoms with van der Waals surface area (Å²) in [5.41, 5.74) is 1.79. The molecular weight excluding hydrogens is 382 g/mol. The highest BCUT2D eigenvalue weighted by Gasteiger charge is 2.31. The van der Waals surface area contributed by atoms with Gasteiger partial charge in [0.2, 0.25) is 12.3 Å². The number of carbonyl (C=O) groups excluding carboxylic acids is 2. The molecular formula is C22H27N5O3. The van der Waals surface area contributed by atoms with Crippen molar-refractivity contribution in [3.8, 4) is 17.0 Å². The first-order chi connectivity index (χ1) is 14.7. The van der Waals surface area contributed by atoms with Gasteiger partial charge in [-0.25, -0.2) is 0 Å². The Morgan fingerprint density at radius 2 is 1.80 bits per heavy atom. The topological polar surface area (TPSA) is 78.9 Å². The van der Waals surface area contributed by atoms with E-state index in [1.54, 1.807) is 12.0 Å². The molecule has 2 aliphatic heterocycles. The average molecular weight is 409 g/mol. The molecule has 1 unspecified atom stereocenters. The van der Waals surface area contributed by atoms with Crippen LogP contribution >= 0.6 is 0 Å². The third-order valence-electron chi connectivity index (χ3n) is 5.91. The molecule has 8 heteroatoms. The highest BCUT2D eigenvalue weighted by molar-refractivity contribution is 5.80. The van der Waals surface area contributed by atoms with Crippen molar-refractivity contribution < 1.29 is 14.3 Å². The molecule has 1 atom stereocenters. The lowest BCUT2D eigenvalue weighted by atomic mass is 9.96. The number of rotatable bonds is 5. The zero-order valence-corrected chi connectivity index (χ0v) is 17.2. The number of methoxy groups -OCH3 is 1. The van der Waals surface area contributed by atoms with Gasteiger partial charge in [0.05, 0.1) is 18.7 Å². The molecule has 30 heavy (non-hydrogen) atoms. The Morgan fingerprint density at radius 3 is 2.43 bits per heavy atom. The fourth-order valence-corrected chi connectivity index (χ4v) is 4.10. The molecule has 4 rings (SSSR count). The number of anilines is 1. The lowest BCUT2D eigenvalue weighted by molar-refractivity contribution is -0.139. The van der Waals surface area contributed by atoms with E-state index in [4.69, 9.17) is 4.74 Å². The number of hydrogen-bond donors (Lipinski definition) is 0. The Hall–Kier alpha value is -3.16. The van der Waals surface area contributed by atoms with Crippen LogP contribution in [-0.4, -0.2) is 78.7 Å². The van der Waals surface area contributed by atoms with Crippen LogP contribution in [0.2, 0.25) is 0 Å². The van der Waals surface area contributed by atoms with Crippen molar-refractivity contribution in [2.45, 2.75) is 12.8 Å². The molecule has 2 aliphatic rings. The van der Waals surface area contributed by atoms with E-state index in [0.29, 0.717) is 32.7 Å². The summed E-state index contributed by atoms with van der Waals surface area (Å²) >= 11 is 0. The molecule has 2 fully saturated rings. The maximum Gasteiger partial charge on any atom is 0.227 e. The quantitative estimate of drug-likeness (QED) is 0.699. The lowest BCUT2D eigenvalue weighted by Gasteiger charge is -2.38. The fraction of sp³-hybridized carbons (Fsp3) is 0.455. The number of aromatic nitrogens is 2. The predicted octanol–water partition coefficient (Wildman–Crippen LogP) is 1.67. The first kappa shape index (κ1) is 20.1. The van der Waals surface area contributed by atoms with Crippen molar-refractivity contribution in [3.63, 3.8) is 0 Å². The number of nitrogens with zero attached hydrogens (tertiary/aromatic N) is 5. The molecule has 2 aromatic rings. The first-order valence-corrected chi connectivity index (χ1v) is 10.4. The van der Waals surface area contributed by atoms with Crippen LogP contribution in [0.15, 0.2) is 36.4 Å². The van der Waals surface area contributed by atoms with Crippen molar-refractivity contribution in [2.75, 3.05) is 51.3 Å². The van der Waals surface area contributed by atoms with Gasteiger partial charge in [-0.15, -0.1) is 10.2 Å². The maximum absolute atomic E-state index is 13.0. The van der Waals surface area contributed by atoms with E-state index in [2.05, 4.69) is 15.1 Å². The Labute approximate surface area is 176 Å². The van der Waals surface area contributed by atoms with E-state index in [0.717, 1.165) is 48.6 Å². The normalized spacial score (nSPS) is 19.5. The highest BCUT2D eigenvalue weighted by atomic mass is 16.5. The largest absolute Gasteiger partial charge is 0.497 e. The molecule has 1 aromatic heterocycles. The minimum Gasteiger partial charge on any atom is -0.497 e. The predicted molar refractivity (Wildman–Crippen MR) is 113 cm³/mol. The minimum absolute atomic E-state index is 0.0374. The Kier molecular flexibility index (Phi) is 6.11. The molecule has 1 aromatic carbocycles. The van der Waals surface area contributed by atoms with Gasteiger partial charge in [0.15, 0.2) is 5.82 Å². The van der Waals surface area contributed by atoms with Gasteiger partial charge in [0.1, 0.15) is 5.75 Å². The fourth-order valence-electron chi connectivity index (χ4n) is 4.10. The van der Waals surface area contributed by atoms with Crippen LogP contribution in [0.1, 0.15) is 12.8 Å². The van der Waals surface area contributed by atoms with Crippen molar-refractivity contribution in [1.82, 2.24) is 20.0 Å². The van der Waals surface area contributed by atoms with Gasteiger partial charge in [-0.3, -0.25) is 9.59 Å². The summed E-state index contributed by atoms with van der Waals surface area (Å²) in [6.07, 6.45) is 2.70. The second kappa shape index (κ2) is 9.11. The summed E-state index contributed by atoms with van der Waals surface area (Å²) in [6.45, 7) is 3.99. The zero-order valence-electron chi connectivity index (χ0n) is 17.2. The van der Waals surface area contributed by atoms with Crippen LogP contribution in [0, 0.1) is 5.92 Å². The third-order valence-corrected chi connectivity index (χ3v) is 5.91. The lowest BCUT2D eigenvalue weighted by Crippen LogP contribution is -2.52.